The van der Waals surface area contributed by atoms with Gasteiger partial charge in [-0.15, -0.1) is 0 Å². The van der Waals surface area contributed by atoms with E-state index in [9.17, 15) is 4.79 Å². The molecule has 20 heavy (non-hydrogen) atoms. The largest absolute Gasteiger partial charge is 0.490 e. The molecule has 0 saturated heterocycles. The molecule has 0 fully saturated rings. The third-order valence-electron chi connectivity index (χ3n) is 2.32. The van der Waals surface area contributed by atoms with Gasteiger partial charge in [0.25, 0.3) is 0 Å². The Morgan fingerprint density at radius 3 is 2.65 bits per heavy atom. The molecular weight excluding hydrogens is 280 g/mol. The summed E-state index contributed by atoms with van der Waals surface area (Å²) in [5.41, 5.74) is 6.72. The van der Waals surface area contributed by atoms with E-state index in [-0.39, 0.29) is 6.61 Å². The highest BCUT2D eigenvalue weighted by atomic mass is 35.5. The number of amides is 1. The average molecular weight is 301 g/mol. The maximum Gasteiger partial charge on any atom is 0.407 e. The van der Waals surface area contributed by atoms with Gasteiger partial charge < -0.3 is 20.5 Å². The second-order valence-corrected chi connectivity index (χ2v) is 5.82. The molecule has 0 aliphatic rings. The van der Waals surface area contributed by atoms with Crippen LogP contribution in [0.5, 0.6) is 5.75 Å². The van der Waals surface area contributed by atoms with Crippen LogP contribution in [0.25, 0.3) is 0 Å². The zero-order valence-electron chi connectivity index (χ0n) is 12.2. The quantitative estimate of drug-likeness (QED) is 0.662. The monoisotopic (exact) mass is 300 g/mol. The summed E-state index contributed by atoms with van der Waals surface area (Å²) >= 11 is 6.00. The Hall–Kier alpha value is -1.62. The molecule has 0 aliphatic heterocycles. The molecule has 0 heterocycles. The summed E-state index contributed by atoms with van der Waals surface area (Å²) in [6, 6.07) is 3.42. The summed E-state index contributed by atoms with van der Waals surface area (Å²) in [5, 5.41) is 3.19. The number of halogens is 1. The molecule has 0 radical (unpaired) electrons. The Balaban J connectivity index is 2.38. The van der Waals surface area contributed by atoms with Crippen LogP contribution >= 0.6 is 11.6 Å². The van der Waals surface area contributed by atoms with Gasteiger partial charge in [-0.3, -0.25) is 0 Å². The maximum absolute atomic E-state index is 11.4. The molecule has 6 heteroatoms. The summed E-state index contributed by atoms with van der Waals surface area (Å²) in [6.07, 6.45) is -0.476. The number of anilines is 1. The normalized spacial score (nSPS) is 11.1. The number of carbonyl (C=O) groups is 1. The number of benzene rings is 1. The van der Waals surface area contributed by atoms with Gasteiger partial charge in [-0.25, -0.2) is 4.79 Å². The molecule has 1 aromatic rings. The summed E-state index contributed by atoms with van der Waals surface area (Å²) in [6.45, 7) is 7.88. The van der Waals surface area contributed by atoms with E-state index >= 15 is 0 Å². The Bertz CT molecular complexity index is 484. The van der Waals surface area contributed by atoms with Crippen molar-refractivity contribution >= 4 is 23.4 Å². The molecule has 5 nitrogen and oxygen atoms in total. The lowest BCUT2D eigenvalue weighted by Crippen LogP contribution is -2.34. The van der Waals surface area contributed by atoms with Crippen molar-refractivity contribution in [1.29, 1.82) is 0 Å². The average Bonchev–Trinajstić information content (AvgIpc) is 2.28. The second-order valence-electron chi connectivity index (χ2n) is 5.42. The standard InChI is InChI=1S/C14H21ClN2O3/c1-9-7-11(16)12(8-10(9)15)19-6-5-17-13(18)20-14(2,3)4/h7-8H,5-6,16H2,1-4H3,(H,17,18). The van der Waals surface area contributed by atoms with Crippen LogP contribution in [0.1, 0.15) is 26.3 Å². The van der Waals surface area contributed by atoms with Crippen LogP contribution in [0.3, 0.4) is 0 Å². The Kier molecular flexibility index (Phi) is 5.51. The molecule has 1 aromatic carbocycles. The van der Waals surface area contributed by atoms with Crippen LogP contribution in [0, 0.1) is 6.92 Å². The lowest BCUT2D eigenvalue weighted by Gasteiger charge is -2.19. The van der Waals surface area contributed by atoms with E-state index in [4.69, 9.17) is 26.8 Å². The molecule has 1 rings (SSSR count). The predicted molar refractivity (Wildman–Crippen MR) is 80.3 cm³/mol. The fourth-order valence-electron chi connectivity index (χ4n) is 1.44. The van der Waals surface area contributed by atoms with Crippen molar-refractivity contribution in [3.8, 4) is 5.75 Å². The predicted octanol–water partition coefficient (Wildman–Crippen LogP) is 3.13. The summed E-state index contributed by atoms with van der Waals surface area (Å²) in [5.74, 6) is 0.506. The van der Waals surface area contributed by atoms with Gasteiger partial charge in [0.05, 0.1) is 12.2 Å². The minimum atomic E-state index is -0.514. The molecular formula is C14H21ClN2O3. The Morgan fingerprint density at radius 2 is 2.05 bits per heavy atom. The first-order valence-electron chi connectivity index (χ1n) is 6.34. The SMILES string of the molecule is Cc1cc(N)c(OCCNC(=O)OC(C)(C)C)cc1Cl. The molecule has 0 saturated carbocycles. The molecule has 0 aliphatic carbocycles. The molecule has 3 N–H and O–H groups in total. The number of alkyl carbamates (subject to hydrolysis) is 1. The highest BCUT2D eigenvalue weighted by Crippen LogP contribution is 2.28. The number of nitrogens with one attached hydrogen (secondary N) is 1. The zero-order chi connectivity index (χ0) is 15.3. The van der Waals surface area contributed by atoms with Gasteiger partial charge in [0.1, 0.15) is 18.0 Å². The number of nitrogens with two attached hydrogens (primary N) is 1. The van der Waals surface area contributed by atoms with Gasteiger partial charge in [0.15, 0.2) is 0 Å². The molecule has 112 valence electrons. The highest BCUT2D eigenvalue weighted by molar-refractivity contribution is 6.31. The van der Waals surface area contributed by atoms with Gasteiger partial charge in [-0.2, -0.15) is 0 Å². The number of carbonyl (C=O) groups excluding carboxylic acids is 1. The van der Waals surface area contributed by atoms with Crippen molar-refractivity contribution in [2.75, 3.05) is 18.9 Å². The minimum Gasteiger partial charge on any atom is -0.490 e. The third kappa shape index (κ3) is 5.57. The van der Waals surface area contributed by atoms with E-state index in [0.717, 1.165) is 5.56 Å². The number of hydrogen-bond donors (Lipinski definition) is 2. The topological polar surface area (TPSA) is 73.6 Å². The van der Waals surface area contributed by atoms with E-state index in [1.807, 2.05) is 6.92 Å². The maximum atomic E-state index is 11.4. The van der Waals surface area contributed by atoms with Crippen LogP contribution in [0.4, 0.5) is 10.5 Å². The van der Waals surface area contributed by atoms with E-state index in [1.54, 1.807) is 32.9 Å². The van der Waals surface area contributed by atoms with E-state index in [1.165, 1.54) is 0 Å². The fraction of sp³-hybridized carbons (Fsp3) is 0.500. The molecule has 0 atom stereocenters. The lowest BCUT2D eigenvalue weighted by atomic mass is 10.2. The van der Waals surface area contributed by atoms with Crippen LogP contribution in [-0.2, 0) is 4.74 Å². The first-order chi connectivity index (χ1) is 9.19. The molecule has 0 aromatic heterocycles. The molecule has 0 spiro atoms. The molecule has 0 unspecified atom stereocenters. The van der Waals surface area contributed by atoms with Crippen molar-refractivity contribution in [3.63, 3.8) is 0 Å². The fourth-order valence-corrected chi connectivity index (χ4v) is 1.59. The number of aryl methyl sites for hydroxylation is 1. The van der Waals surface area contributed by atoms with Crippen LogP contribution < -0.4 is 15.8 Å². The zero-order valence-corrected chi connectivity index (χ0v) is 13.0. The van der Waals surface area contributed by atoms with Gasteiger partial charge in [0, 0.05) is 11.1 Å². The van der Waals surface area contributed by atoms with Crippen molar-refractivity contribution in [2.45, 2.75) is 33.3 Å². The van der Waals surface area contributed by atoms with Crippen LogP contribution in [0.2, 0.25) is 5.02 Å². The highest BCUT2D eigenvalue weighted by Gasteiger charge is 2.15. The number of rotatable bonds is 4. The van der Waals surface area contributed by atoms with Gasteiger partial charge >= 0.3 is 6.09 Å². The second kappa shape index (κ2) is 6.70. The summed E-state index contributed by atoms with van der Waals surface area (Å²) in [7, 11) is 0. The minimum absolute atomic E-state index is 0.281. The van der Waals surface area contributed by atoms with Crippen molar-refractivity contribution < 1.29 is 14.3 Å². The Labute approximate surface area is 124 Å². The molecule has 0 bridgehead atoms. The number of nitrogen functional groups attached to an aromatic ring is 1. The summed E-state index contributed by atoms with van der Waals surface area (Å²) < 4.78 is 10.6. The molecule has 1 amide bonds. The number of hydrogen-bond acceptors (Lipinski definition) is 4. The van der Waals surface area contributed by atoms with E-state index in [0.29, 0.717) is 23.0 Å². The van der Waals surface area contributed by atoms with Crippen LogP contribution in [-0.4, -0.2) is 24.8 Å². The smallest absolute Gasteiger partial charge is 0.407 e. The lowest BCUT2D eigenvalue weighted by molar-refractivity contribution is 0.0520. The van der Waals surface area contributed by atoms with Crippen molar-refractivity contribution in [2.24, 2.45) is 0 Å². The van der Waals surface area contributed by atoms with Crippen molar-refractivity contribution in [3.05, 3.63) is 22.7 Å². The Morgan fingerprint density at radius 1 is 1.40 bits per heavy atom. The van der Waals surface area contributed by atoms with E-state index < -0.39 is 11.7 Å². The third-order valence-corrected chi connectivity index (χ3v) is 2.73. The summed E-state index contributed by atoms with van der Waals surface area (Å²) in [4.78, 5) is 11.4. The van der Waals surface area contributed by atoms with Crippen LogP contribution in [0.15, 0.2) is 12.1 Å². The van der Waals surface area contributed by atoms with Gasteiger partial charge in [0.2, 0.25) is 0 Å². The van der Waals surface area contributed by atoms with Crippen molar-refractivity contribution in [1.82, 2.24) is 5.32 Å². The van der Waals surface area contributed by atoms with Gasteiger partial charge in [-0.05, 0) is 39.3 Å². The first kappa shape index (κ1) is 16.4. The number of ether oxygens (including phenoxy) is 2. The van der Waals surface area contributed by atoms with Gasteiger partial charge in [-0.1, -0.05) is 11.6 Å². The first-order valence-corrected chi connectivity index (χ1v) is 6.72. The van der Waals surface area contributed by atoms with E-state index in [2.05, 4.69) is 5.32 Å².